The maximum absolute atomic E-state index is 5.76. The van der Waals surface area contributed by atoms with Gasteiger partial charge in [-0.1, -0.05) is 17.4 Å². The van der Waals surface area contributed by atoms with Gasteiger partial charge < -0.3 is 10.1 Å². The minimum Gasteiger partial charge on any atom is -0.488 e. The number of anilines is 1. The van der Waals surface area contributed by atoms with Gasteiger partial charge >= 0.3 is 0 Å². The molecule has 4 heteroatoms. The predicted molar refractivity (Wildman–Crippen MR) is 76.5 cm³/mol. The van der Waals surface area contributed by atoms with Crippen LogP contribution in [0.15, 0.2) is 24.4 Å². The highest BCUT2D eigenvalue weighted by Gasteiger charge is 2.02. The van der Waals surface area contributed by atoms with E-state index >= 15 is 0 Å². The summed E-state index contributed by atoms with van der Waals surface area (Å²) in [5.41, 5.74) is 2.54. The molecular formula is C14H18N2OS. The Kier molecular flexibility index (Phi) is 4.20. The molecule has 3 nitrogen and oxygen atoms in total. The second-order valence-corrected chi connectivity index (χ2v) is 5.31. The number of hydrogen-bond acceptors (Lipinski definition) is 4. The van der Waals surface area contributed by atoms with Crippen molar-refractivity contribution in [2.45, 2.75) is 27.4 Å². The van der Waals surface area contributed by atoms with E-state index in [9.17, 15) is 0 Å². The number of rotatable bonds is 5. The molecule has 18 heavy (non-hydrogen) atoms. The Hall–Kier alpha value is -1.55. The molecule has 2 rings (SSSR count). The van der Waals surface area contributed by atoms with Crippen molar-refractivity contribution in [3.63, 3.8) is 0 Å². The largest absolute Gasteiger partial charge is 0.488 e. The van der Waals surface area contributed by atoms with E-state index in [-0.39, 0.29) is 0 Å². The maximum Gasteiger partial charge on any atom is 0.182 e. The summed E-state index contributed by atoms with van der Waals surface area (Å²) < 4.78 is 5.76. The van der Waals surface area contributed by atoms with Crippen molar-refractivity contribution < 1.29 is 4.74 Å². The topological polar surface area (TPSA) is 34.2 Å². The predicted octanol–water partition coefficient (Wildman–Crippen LogP) is 3.77. The number of aryl methyl sites for hydroxylation is 2. The van der Waals surface area contributed by atoms with Gasteiger partial charge in [-0.3, -0.25) is 0 Å². The molecule has 0 radical (unpaired) electrons. The average molecular weight is 262 g/mol. The lowest BCUT2D eigenvalue weighted by Crippen LogP contribution is -1.94. The Bertz CT molecular complexity index is 522. The van der Waals surface area contributed by atoms with Crippen molar-refractivity contribution in [1.82, 2.24) is 4.98 Å². The van der Waals surface area contributed by atoms with E-state index in [1.807, 2.05) is 12.3 Å². The highest BCUT2D eigenvalue weighted by molar-refractivity contribution is 7.15. The Labute approximate surface area is 112 Å². The van der Waals surface area contributed by atoms with E-state index in [0.717, 1.165) is 22.3 Å². The normalized spacial score (nSPS) is 10.4. The van der Waals surface area contributed by atoms with E-state index in [0.29, 0.717) is 6.61 Å². The van der Waals surface area contributed by atoms with E-state index in [1.165, 1.54) is 11.1 Å². The fraction of sp³-hybridized carbons (Fsp3) is 0.357. The van der Waals surface area contributed by atoms with Gasteiger partial charge in [-0.15, -0.1) is 0 Å². The molecule has 0 spiro atoms. The smallest absolute Gasteiger partial charge is 0.182 e. The molecule has 0 unspecified atom stereocenters. The van der Waals surface area contributed by atoms with Gasteiger partial charge in [-0.2, -0.15) is 0 Å². The summed E-state index contributed by atoms with van der Waals surface area (Å²) in [5.74, 6) is 0.913. The van der Waals surface area contributed by atoms with Crippen LogP contribution in [-0.4, -0.2) is 11.5 Å². The Balaban J connectivity index is 1.95. The van der Waals surface area contributed by atoms with Crippen molar-refractivity contribution in [2.75, 3.05) is 11.9 Å². The fourth-order valence-corrected chi connectivity index (χ4v) is 2.36. The fourth-order valence-electron chi connectivity index (χ4n) is 1.57. The van der Waals surface area contributed by atoms with Gasteiger partial charge in [0.1, 0.15) is 12.4 Å². The zero-order valence-electron chi connectivity index (χ0n) is 11.0. The molecule has 0 aliphatic carbocycles. The highest BCUT2D eigenvalue weighted by Crippen LogP contribution is 2.21. The van der Waals surface area contributed by atoms with Gasteiger partial charge in [0.05, 0.1) is 4.88 Å². The third kappa shape index (κ3) is 3.23. The first kappa shape index (κ1) is 12.9. The van der Waals surface area contributed by atoms with Crippen LogP contribution in [0.4, 0.5) is 5.13 Å². The molecule has 1 N–H and O–H groups in total. The molecule has 1 aromatic carbocycles. The van der Waals surface area contributed by atoms with Crippen LogP contribution in [0.5, 0.6) is 5.75 Å². The second-order valence-electron chi connectivity index (χ2n) is 4.20. The zero-order chi connectivity index (χ0) is 13.0. The first-order valence-electron chi connectivity index (χ1n) is 6.07. The van der Waals surface area contributed by atoms with Crippen LogP contribution in [0, 0.1) is 13.8 Å². The van der Waals surface area contributed by atoms with Gasteiger partial charge in [0.15, 0.2) is 5.13 Å². The summed E-state index contributed by atoms with van der Waals surface area (Å²) in [7, 11) is 0. The first-order chi connectivity index (χ1) is 8.69. The quantitative estimate of drug-likeness (QED) is 0.890. The minimum atomic E-state index is 0.575. The molecular weight excluding hydrogens is 244 g/mol. The summed E-state index contributed by atoms with van der Waals surface area (Å²) in [5, 5.41) is 4.15. The Morgan fingerprint density at radius 2 is 2.11 bits per heavy atom. The van der Waals surface area contributed by atoms with E-state index in [2.05, 4.69) is 43.2 Å². The van der Waals surface area contributed by atoms with Crippen LogP contribution in [0.2, 0.25) is 0 Å². The molecule has 0 saturated heterocycles. The van der Waals surface area contributed by atoms with Crippen molar-refractivity contribution >= 4 is 16.5 Å². The standard InChI is InChI=1S/C14H18N2OS/c1-4-15-14-16-8-13(18-14)9-17-12-6-5-10(2)11(3)7-12/h5-8H,4,9H2,1-3H3,(H,15,16). The van der Waals surface area contributed by atoms with Crippen molar-refractivity contribution in [2.24, 2.45) is 0 Å². The molecule has 1 heterocycles. The van der Waals surface area contributed by atoms with Crippen LogP contribution >= 0.6 is 11.3 Å². The number of ether oxygens (including phenoxy) is 1. The molecule has 0 amide bonds. The SMILES string of the molecule is CCNc1ncc(COc2ccc(C)c(C)c2)s1. The summed E-state index contributed by atoms with van der Waals surface area (Å²) in [4.78, 5) is 5.41. The summed E-state index contributed by atoms with van der Waals surface area (Å²) in [6.07, 6.45) is 1.86. The number of hydrogen-bond donors (Lipinski definition) is 1. The monoisotopic (exact) mass is 262 g/mol. The number of nitrogens with one attached hydrogen (secondary N) is 1. The zero-order valence-corrected chi connectivity index (χ0v) is 11.8. The molecule has 96 valence electrons. The molecule has 2 aromatic rings. The van der Waals surface area contributed by atoms with Gasteiger partial charge in [0, 0.05) is 12.7 Å². The first-order valence-corrected chi connectivity index (χ1v) is 6.89. The number of aromatic nitrogens is 1. The minimum absolute atomic E-state index is 0.575. The van der Waals surface area contributed by atoms with Gasteiger partial charge in [-0.25, -0.2) is 4.98 Å². The molecule has 0 aliphatic heterocycles. The third-order valence-electron chi connectivity index (χ3n) is 2.74. The van der Waals surface area contributed by atoms with Crippen LogP contribution in [0.25, 0.3) is 0 Å². The van der Waals surface area contributed by atoms with Crippen molar-refractivity contribution in [3.05, 3.63) is 40.4 Å². The Morgan fingerprint density at radius 3 is 2.83 bits per heavy atom. The van der Waals surface area contributed by atoms with Crippen LogP contribution < -0.4 is 10.1 Å². The van der Waals surface area contributed by atoms with Gasteiger partial charge in [0.25, 0.3) is 0 Å². The third-order valence-corrected chi connectivity index (χ3v) is 3.67. The number of benzene rings is 1. The molecule has 0 bridgehead atoms. The molecule has 0 fully saturated rings. The van der Waals surface area contributed by atoms with Crippen molar-refractivity contribution in [1.29, 1.82) is 0 Å². The Morgan fingerprint density at radius 1 is 1.28 bits per heavy atom. The van der Waals surface area contributed by atoms with Crippen molar-refractivity contribution in [3.8, 4) is 5.75 Å². The number of nitrogens with zero attached hydrogens (tertiary/aromatic N) is 1. The van der Waals surface area contributed by atoms with E-state index in [4.69, 9.17) is 4.74 Å². The molecule has 0 atom stereocenters. The number of thiazole rings is 1. The van der Waals surface area contributed by atoms with E-state index in [1.54, 1.807) is 11.3 Å². The van der Waals surface area contributed by atoms with Crippen LogP contribution in [0.1, 0.15) is 22.9 Å². The van der Waals surface area contributed by atoms with Gasteiger partial charge in [-0.05, 0) is 44.0 Å². The molecule has 1 aromatic heterocycles. The van der Waals surface area contributed by atoms with Crippen LogP contribution in [-0.2, 0) is 6.61 Å². The van der Waals surface area contributed by atoms with Crippen LogP contribution in [0.3, 0.4) is 0 Å². The summed E-state index contributed by atoms with van der Waals surface area (Å²) >= 11 is 1.64. The summed E-state index contributed by atoms with van der Waals surface area (Å²) in [6, 6.07) is 6.16. The lowest BCUT2D eigenvalue weighted by atomic mass is 10.1. The molecule has 0 saturated carbocycles. The van der Waals surface area contributed by atoms with Gasteiger partial charge in [0.2, 0.25) is 0 Å². The lowest BCUT2D eigenvalue weighted by Gasteiger charge is -2.06. The molecule has 0 aliphatic rings. The highest BCUT2D eigenvalue weighted by atomic mass is 32.1. The average Bonchev–Trinajstić information content (AvgIpc) is 2.79. The van der Waals surface area contributed by atoms with E-state index < -0.39 is 0 Å². The summed E-state index contributed by atoms with van der Waals surface area (Å²) in [6.45, 7) is 7.73. The lowest BCUT2D eigenvalue weighted by molar-refractivity contribution is 0.309. The second kappa shape index (κ2) is 5.87. The maximum atomic E-state index is 5.76.